The second-order valence-corrected chi connectivity index (χ2v) is 4.24. The standard InChI is InChI=1S/C14H21N.C2H7N/c1-3-13(12-15-4-2)10-11-14-8-6-5-7-9-14;1-2-3/h3,5-9,13,15H,1,4,10-12H2,2H3;2-3H2,1H3. The molecule has 0 aliphatic rings. The summed E-state index contributed by atoms with van der Waals surface area (Å²) in [5, 5.41) is 3.36. The molecule has 0 aromatic heterocycles. The van der Waals surface area contributed by atoms with E-state index < -0.39 is 0 Å². The van der Waals surface area contributed by atoms with E-state index in [2.05, 4.69) is 55.2 Å². The van der Waals surface area contributed by atoms with Gasteiger partial charge in [0.25, 0.3) is 0 Å². The Bertz CT molecular complexity index is 282. The van der Waals surface area contributed by atoms with Crippen molar-refractivity contribution in [2.45, 2.75) is 26.7 Å². The van der Waals surface area contributed by atoms with Crippen LogP contribution in [-0.2, 0) is 6.42 Å². The number of benzene rings is 1. The maximum absolute atomic E-state index is 4.85. The molecule has 1 rings (SSSR count). The van der Waals surface area contributed by atoms with E-state index in [1.165, 1.54) is 12.0 Å². The van der Waals surface area contributed by atoms with Crippen LogP contribution < -0.4 is 11.1 Å². The Labute approximate surface area is 112 Å². The van der Waals surface area contributed by atoms with Gasteiger partial charge in [0.2, 0.25) is 0 Å². The van der Waals surface area contributed by atoms with Crippen molar-refractivity contribution in [3.63, 3.8) is 0 Å². The summed E-state index contributed by atoms with van der Waals surface area (Å²) in [7, 11) is 0. The van der Waals surface area contributed by atoms with Crippen LogP contribution in [0.4, 0.5) is 0 Å². The summed E-state index contributed by atoms with van der Waals surface area (Å²) in [5.41, 5.74) is 6.26. The van der Waals surface area contributed by atoms with E-state index in [0.717, 1.165) is 26.1 Å². The molecular formula is C16H28N2. The van der Waals surface area contributed by atoms with E-state index in [4.69, 9.17) is 5.73 Å². The van der Waals surface area contributed by atoms with Crippen LogP contribution in [0, 0.1) is 5.92 Å². The van der Waals surface area contributed by atoms with Gasteiger partial charge >= 0.3 is 0 Å². The maximum atomic E-state index is 4.85. The predicted octanol–water partition coefficient (Wildman–Crippen LogP) is 3.00. The van der Waals surface area contributed by atoms with Crippen LogP contribution in [0.1, 0.15) is 25.8 Å². The molecule has 0 amide bonds. The molecule has 1 atom stereocenters. The number of nitrogens with two attached hydrogens (primary N) is 1. The predicted molar refractivity (Wildman–Crippen MR) is 81.7 cm³/mol. The lowest BCUT2D eigenvalue weighted by molar-refractivity contribution is 0.535. The first-order valence-electron chi connectivity index (χ1n) is 6.85. The lowest BCUT2D eigenvalue weighted by atomic mass is 9.99. The van der Waals surface area contributed by atoms with Crippen LogP contribution in [0.15, 0.2) is 43.0 Å². The van der Waals surface area contributed by atoms with E-state index in [-0.39, 0.29) is 0 Å². The molecule has 0 saturated heterocycles. The second kappa shape index (κ2) is 12.3. The molecule has 0 spiro atoms. The van der Waals surface area contributed by atoms with Gasteiger partial charge in [-0.15, -0.1) is 6.58 Å². The zero-order chi connectivity index (χ0) is 13.6. The minimum Gasteiger partial charge on any atom is -0.331 e. The van der Waals surface area contributed by atoms with Crippen molar-refractivity contribution in [1.29, 1.82) is 0 Å². The summed E-state index contributed by atoms with van der Waals surface area (Å²) in [4.78, 5) is 0. The largest absolute Gasteiger partial charge is 0.331 e. The van der Waals surface area contributed by atoms with Crippen LogP contribution >= 0.6 is 0 Å². The monoisotopic (exact) mass is 248 g/mol. The van der Waals surface area contributed by atoms with Gasteiger partial charge in [-0.05, 0) is 37.4 Å². The Balaban J connectivity index is 0.000000873. The summed E-state index contributed by atoms with van der Waals surface area (Å²) in [6, 6.07) is 10.6. The molecule has 102 valence electrons. The lowest BCUT2D eigenvalue weighted by Gasteiger charge is -2.12. The number of rotatable bonds is 7. The van der Waals surface area contributed by atoms with Crippen LogP contribution in [0.25, 0.3) is 0 Å². The first-order chi connectivity index (χ1) is 8.78. The Morgan fingerprint density at radius 1 is 1.28 bits per heavy atom. The zero-order valence-corrected chi connectivity index (χ0v) is 11.9. The fourth-order valence-corrected chi connectivity index (χ4v) is 1.63. The topological polar surface area (TPSA) is 38.0 Å². The highest BCUT2D eigenvalue weighted by molar-refractivity contribution is 5.14. The van der Waals surface area contributed by atoms with Gasteiger partial charge in [-0.25, -0.2) is 0 Å². The smallest absolute Gasteiger partial charge is 0.00141 e. The van der Waals surface area contributed by atoms with Gasteiger partial charge in [-0.1, -0.05) is 50.3 Å². The number of hydrogen-bond acceptors (Lipinski definition) is 2. The molecule has 1 aromatic carbocycles. The van der Waals surface area contributed by atoms with E-state index in [1.807, 2.05) is 6.92 Å². The highest BCUT2D eigenvalue weighted by Crippen LogP contribution is 2.09. The molecule has 18 heavy (non-hydrogen) atoms. The van der Waals surface area contributed by atoms with Gasteiger partial charge < -0.3 is 11.1 Å². The third kappa shape index (κ3) is 8.97. The first kappa shape index (κ1) is 16.9. The Hall–Kier alpha value is -1.12. The molecular weight excluding hydrogens is 220 g/mol. The number of nitrogens with one attached hydrogen (secondary N) is 1. The minimum atomic E-state index is 0.588. The zero-order valence-electron chi connectivity index (χ0n) is 11.9. The fraction of sp³-hybridized carbons (Fsp3) is 0.500. The molecule has 0 fully saturated rings. The summed E-state index contributed by atoms with van der Waals surface area (Å²) in [5.74, 6) is 0.588. The van der Waals surface area contributed by atoms with Gasteiger partial charge in [0.05, 0.1) is 0 Å². The first-order valence-corrected chi connectivity index (χ1v) is 6.85. The number of hydrogen-bond donors (Lipinski definition) is 2. The molecule has 1 aromatic rings. The molecule has 2 heteroatoms. The van der Waals surface area contributed by atoms with E-state index >= 15 is 0 Å². The second-order valence-electron chi connectivity index (χ2n) is 4.24. The summed E-state index contributed by atoms with van der Waals surface area (Å²) >= 11 is 0. The van der Waals surface area contributed by atoms with Gasteiger partial charge in [0.15, 0.2) is 0 Å². The molecule has 0 aliphatic heterocycles. The van der Waals surface area contributed by atoms with Crippen molar-refractivity contribution in [3.05, 3.63) is 48.6 Å². The average molecular weight is 248 g/mol. The highest BCUT2D eigenvalue weighted by atomic mass is 14.8. The molecule has 0 saturated carbocycles. The van der Waals surface area contributed by atoms with Crippen molar-refractivity contribution >= 4 is 0 Å². The third-order valence-corrected chi connectivity index (χ3v) is 2.64. The fourth-order valence-electron chi connectivity index (χ4n) is 1.63. The van der Waals surface area contributed by atoms with Gasteiger partial charge in [-0.3, -0.25) is 0 Å². The van der Waals surface area contributed by atoms with Gasteiger partial charge in [-0.2, -0.15) is 0 Å². The molecule has 0 radical (unpaired) electrons. The van der Waals surface area contributed by atoms with E-state index in [9.17, 15) is 0 Å². The molecule has 0 heterocycles. The average Bonchev–Trinajstić information content (AvgIpc) is 2.41. The summed E-state index contributed by atoms with van der Waals surface area (Å²) < 4.78 is 0. The number of aryl methyl sites for hydroxylation is 1. The Morgan fingerprint density at radius 2 is 1.89 bits per heavy atom. The van der Waals surface area contributed by atoms with Crippen LogP contribution in [0.5, 0.6) is 0 Å². The van der Waals surface area contributed by atoms with E-state index in [1.54, 1.807) is 0 Å². The maximum Gasteiger partial charge on any atom is 0.00141 e. The highest BCUT2D eigenvalue weighted by Gasteiger charge is 2.03. The SMILES string of the molecule is C=CC(CCc1ccccc1)CNCC.CCN. The van der Waals surface area contributed by atoms with Crippen LogP contribution in [0.2, 0.25) is 0 Å². The summed E-state index contributed by atoms with van der Waals surface area (Å²) in [6.45, 7) is 10.8. The lowest BCUT2D eigenvalue weighted by Crippen LogP contribution is -2.21. The van der Waals surface area contributed by atoms with Gasteiger partial charge in [0, 0.05) is 6.54 Å². The van der Waals surface area contributed by atoms with Crippen molar-refractivity contribution in [1.82, 2.24) is 5.32 Å². The molecule has 0 bridgehead atoms. The van der Waals surface area contributed by atoms with Crippen LogP contribution in [0.3, 0.4) is 0 Å². The quantitative estimate of drug-likeness (QED) is 0.728. The van der Waals surface area contributed by atoms with Gasteiger partial charge in [0.1, 0.15) is 0 Å². The molecule has 3 N–H and O–H groups in total. The minimum absolute atomic E-state index is 0.588. The normalized spacial score (nSPS) is 11.3. The van der Waals surface area contributed by atoms with E-state index in [0.29, 0.717) is 5.92 Å². The Morgan fingerprint density at radius 3 is 2.39 bits per heavy atom. The molecule has 2 nitrogen and oxygen atoms in total. The summed E-state index contributed by atoms with van der Waals surface area (Å²) in [6.07, 6.45) is 4.38. The molecule has 0 aliphatic carbocycles. The van der Waals surface area contributed by atoms with Crippen molar-refractivity contribution < 1.29 is 0 Å². The van der Waals surface area contributed by atoms with Crippen molar-refractivity contribution in [2.75, 3.05) is 19.6 Å². The van der Waals surface area contributed by atoms with Crippen LogP contribution in [-0.4, -0.2) is 19.6 Å². The van der Waals surface area contributed by atoms with Crippen molar-refractivity contribution in [2.24, 2.45) is 11.7 Å². The van der Waals surface area contributed by atoms with Crippen molar-refractivity contribution in [3.8, 4) is 0 Å². The molecule has 1 unspecified atom stereocenters. The third-order valence-electron chi connectivity index (χ3n) is 2.64. The Kier molecular flexibility index (Phi) is 11.6.